The largest absolute Gasteiger partial charge is 0.369 e. The summed E-state index contributed by atoms with van der Waals surface area (Å²) >= 11 is 0. The minimum atomic E-state index is -0.332. The van der Waals surface area contributed by atoms with Crippen LogP contribution in [-0.4, -0.2) is 77.4 Å². The number of nitrogens with one attached hydrogen (secondary N) is 2. The maximum atomic E-state index is 12.6. The van der Waals surface area contributed by atoms with Crippen molar-refractivity contribution in [2.24, 2.45) is 11.7 Å². The number of aromatic amines is 1. The van der Waals surface area contributed by atoms with E-state index in [9.17, 15) is 4.79 Å². The lowest BCUT2D eigenvalue weighted by atomic mass is 9.94. The van der Waals surface area contributed by atoms with Crippen LogP contribution < -0.4 is 26.4 Å². The molecule has 2 aliphatic heterocycles. The van der Waals surface area contributed by atoms with Gasteiger partial charge in [-0.05, 0) is 43.0 Å². The summed E-state index contributed by atoms with van der Waals surface area (Å²) in [4.78, 5) is 28.9. The van der Waals surface area contributed by atoms with Gasteiger partial charge < -0.3 is 20.9 Å². The summed E-state index contributed by atoms with van der Waals surface area (Å²) in [5.74, 6) is 1.44. The van der Waals surface area contributed by atoms with Gasteiger partial charge in [-0.3, -0.25) is 9.69 Å². The summed E-state index contributed by atoms with van der Waals surface area (Å²) in [5.41, 5.74) is 7.87. The van der Waals surface area contributed by atoms with E-state index in [2.05, 4.69) is 53.4 Å². The summed E-state index contributed by atoms with van der Waals surface area (Å²) < 4.78 is 0. The lowest BCUT2D eigenvalue weighted by Crippen LogP contribution is -2.47. The molecule has 4 heterocycles. The van der Waals surface area contributed by atoms with Crippen molar-refractivity contribution in [2.75, 3.05) is 67.5 Å². The van der Waals surface area contributed by atoms with Gasteiger partial charge in [-0.2, -0.15) is 15.3 Å². The van der Waals surface area contributed by atoms with Crippen LogP contribution in [0.2, 0.25) is 0 Å². The molecule has 2 saturated heterocycles. The Balaban J connectivity index is 1.35. The first-order chi connectivity index (χ1) is 17.6. The molecule has 2 fully saturated rings. The number of nitrogens with two attached hydrogens (primary N) is 1. The van der Waals surface area contributed by atoms with Crippen molar-refractivity contribution >= 4 is 34.0 Å². The molecule has 4 N–H and O–H groups in total. The Labute approximate surface area is 209 Å². The average Bonchev–Trinajstić information content (AvgIpc) is 2.90. The molecule has 11 heteroatoms. The van der Waals surface area contributed by atoms with E-state index >= 15 is 0 Å². The minimum Gasteiger partial charge on any atom is -0.369 e. The van der Waals surface area contributed by atoms with E-state index in [1.54, 1.807) is 6.20 Å². The molecule has 11 nitrogen and oxygen atoms in total. The number of piperazine rings is 1. The van der Waals surface area contributed by atoms with Gasteiger partial charge in [0.25, 0.3) is 5.56 Å². The zero-order valence-electron chi connectivity index (χ0n) is 20.4. The number of piperidine rings is 1. The van der Waals surface area contributed by atoms with Gasteiger partial charge in [0.15, 0.2) is 0 Å². The smallest absolute Gasteiger partial charge is 0.277 e. The fourth-order valence-corrected chi connectivity index (χ4v) is 4.99. The van der Waals surface area contributed by atoms with Gasteiger partial charge in [0, 0.05) is 70.2 Å². The summed E-state index contributed by atoms with van der Waals surface area (Å²) in [6.07, 6.45) is 3.99. The first-order valence-corrected chi connectivity index (χ1v) is 12.6. The second kappa shape index (κ2) is 10.9. The third kappa shape index (κ3) is 5.24. The van der Waals surface area contributed by atoms with Gasteiger partial charge in [-0.1, -0.05) is 0 Å². The van der Waals surface area contributed by atoms with Crippen molar-refractivity contribution in [2.45, 2.75) is 19.3 Å². The number of H-pyrrole nitrogens is 1. The van der Waals surface area contributed by atoms with Crippen LogP contribution in [0.25, 0.3) is 10.9 Å². The number of benzene rings is 1. The maximum absolute atomic E-state index is 12.6. The molecule has 0 radical (unpaired) electrons. The summed E-state index contributed by atoms with van der Waals surface area (Å²) in [7, 11) is 0. The second-order valence-electron chi connectivity index (χ2n) is 9.41. The van der Waals surface area contributed by atoms with E-state index in [0.29, 0.717) is 41.6 Å². The fourth-order valence-electron chi connectivity index (χ4n) is 4.99. The molecule has 0 aliphatic carbocycles. The van der Waals surface area contributed by atoms with Crippen molar-refractivity contribution in [1.82, 2.24) is 25.1 Å². The molecule has 2 aromatic heterocycles. The molecule has 1 aromatic carbocycles. The zero-order valence-corrected chi connectivity index (χ0v) is 20.4. The first-order valence-electron chi connectivity index (χ1n) is 12.6. The number of hydrogen-bond donors (Lipinski definition) is 3. The van der Waals surface area contributed by atoms with Gasteiger partial charge in [0.05, 0.1) is 12.3 Å². The summed E-state index contributed by atoms with van der Waals surface area (Å²) in [5, 5.41) is 19.2. The molecule has 0 spiro atoms. The maximum Gasteiger partial charge on any atom is 0.277 e. The lowest BCUT2D eigenvalue weighted by molar-refractivity contribution is 0.265. The predicted molar refractivity (Wildman–Crippen MR) is 141 cm³/mol. The van der Waals surface area contributed by atoms with Crippen LogP contribution in [0.15, 0.2) is 35.3 Å². The highest BCUT2D eigenvalue weighted by Gasteiger charge is 2.23. The monoisotopic (exact) mass is 488 g/mol. The average molecular weight is 489 g/mol. The van der Waals surface area contributed by atoms with Crippen LogP contribution in [0.4, 0.5) is 23.1 Å². The second-order valence-corrected chi connectivity index (χ2v) is 9.41. The van der Waals surface area contributed by atoms with Gasteiger partial charge >= 0.3 is 0 Å². The van der Waals surface area contributed by atoms with Crippen LogP contribution >= 0.6 is 0 Å². The van der Waals surface area contributed by atoms with Crippen molar-refractivity contribution in [3.05, 3.63) is 40.8 Å². The number of anilines is 4. The van der Waals surface area contributed by atoms with Crippen molar-refractivity contribution in [3.63, 3.8) is 0 Å². The Morgan fingerprint density at radius 1 is 1.06 bits per heavy atom. The van der Waals surface area contributed by atoms with E-state index < -0.39 is 0 Å². The SMILES string of the molecule is N#CCC1CCN(c2nc(Nc3ccc(N4CCN(CCN)CC4)cc3)c3c(=O)[nH]ncc3n2)CC1. The topological polar surface area (TPSA) is 143 Å². The number of aromatic nitrogens is 4. The third-order valence-corrected chi connectivity index (χ3v) is 7.10. The Hall–Kier alpha value is -3.75. The highest BCUT2D eigenvalue weighted by molar-refractivity contribution is 5.90. The summed E-state index contributed by atoms with van der Waals surface area (Å²) in [6.45, 7) is 7.16. The molecule has 2 aliphatic rings. The van der Waals surface area contributed by atoms with Gasteiger partial charge in [-0.25, -0.2) is 10.1 Å². The lowest BCUT2D eigenvalue weighted by Gasteiger charge is -2.36. The predicted octanol–water partition coefficient (Wildman–Crippen LogP) is 1.67. The molecule has 5 rings (SSSR count). The molecule has 3 aromatic rings. The Morgan fingerprint density at radius 2 is 1.81 bits per heavy atom. The number of nitriles is 1. The van der Waals surface area contributed by atoms with Crippen molar-refractivity contribution < 1.29 is 0 Å². The van der Waals surface area contributed by atoms with Crippen LogP contribution in [0.5, 0.6) is 0 Å². The molecular formula is C25H32N10O. The quantitative estimate of drug-likeness (QED) is 0.449. The molecule has 0 bridgehead atoms. The number of rotatable bonds is 7. The van der Waals surface area contributed by atoms with E-state index in [1.165, 1.54) is 5.69 Å². The van der Waals surface area contributed by atoms with E-state index in [4.69, 9.17) is 16.0 Å². The van der Waals surface area contributed by atoms with E-state index in [0.717, 1.165) is 64.3 Å². The van der Waals surface area contributed by atoms with Crippen LogP contribution in [0.1, 0.15) is 19.3 Å². The van der Waals surface area contributed by atoms with Crippen molar-refractivity contribution in [1.29, 1.82) is 5.26 Å². The molecule has 0 amide bonds. The molecule has 0 saturated carbocycles. The van der Waals surface area contributed by atoms with Crippen LogP contribution in [-0.2, 0) is 0 Å². The van der Waals surface area contributed by atoms with Crippen LogP contribution in [0, 0.1) is 17.2 Å². The van der Waals surface area contributed by atoms with Crippen molar-refractivity contribution in [3.8, 4) is 6.07 Å². The van der Waals surface area contributed by atoms with Crippen LogP contribution in [0.3, 0.4) is 0 Å². The molecule has 36 heavy (non-hydrogen) atoms. The normalized spacial score (nSPS) is 17.3. The van der Waals surface area contributed by atoms with Gasteiger partial charge in [0.2, 0.25) is 5.95 Å². The third-order valence-electron chi connectivity index (χ3n) is 7.10. The Morgan fingerprint density at radius 3 is 2.50 bits per heavy atom. The standard InChI is InChI=1S/C25H32N10O/c26-8-5-18-6-10-35(11-7-18)25-30-21-17-28-32-24(36)22(21)23(31-25)29-19-1-3-20(4-2-19)34-15-13-33(12-9-27)14-16-34/h1-4,17-18H,5-7,9-16,27H2,(H,32,36)(H,29,30,31). The number of fused-ring (bicyclic) bond motifs is 1. The Kier molecular flexibility index (Phi) is 7.25. The fraction of sp³-hybridized carbons (Fsp3) is 0.480. The molecular weight excluding hydrogens is 456 g/mol. The molecule has 0 atom stereocenters. The van der Waals surface area contributed by atoms with Gasteiger partial charge in [-0.15, -0.1) is 0 Å². The number of hydrogen-bond acceptors (Lipinski definition) is 10. The minimum absolute atomic E-state index is 0.332. The molecule has 0 unspecified atom stereocenters. The zero-order chi connectivity index (χ0) is 24.9. The first kappa shape index (κ1) is 24.0. The molecule has 188 valence electrons. The van der Waals surface area contributed by atoms with E-state index in [-0.39, 0.29) is 5.56 Å². The van der Waals surface area contributed by atoms with Gasteiger partial charge in [0.1, 0.15) is 16.7 Å². The van der Waals surface area contributed by atoms with E-state index in [1.807, 2.05) is 12.1 Å². The number of nitrogens with zero attached hydrogens (tertiary/aromatic N) is 7. The highest BCUT2D eigenvalue weighted by Crippen LogP contribution is 2.28. The summed E-state index contributed by atoms with van der Waals surface area (Å²) in [6, 6.07) is 10.5. The highest BCUT2D eigenvalue weighted by atomic mass is 16.1. The Bertz CT molecular complexity index is 1270.